The molecule has 0 unspecified atom stereocenters. The fourth-order valence-electron chi connectivity index (χ4n) is 4.68. The Hall–Kier alpha value is -5.20. The molecule has 1 aliphatic rings. The number of carbonyl (C=O) groups is 2. The highest BCUT2D eigenvalue weighted by Crippen LogP contribution is 2.35. The van der Waals surface area contributed by atoms with Crippen molar-refractivity contribution in [1.82, 2.24) is 15.0 Å². The second kappa shape index (κ2) is 11.6. The summed E-state index contributed by atoms with van der Waals surface area (Å²) in [6.45, 7) is 6.11. The summed E-state index contributed by atoms with van der Waals surface area (Å²) in [7, 11) is 1.43. The van der Waals surface area contributed by atoms with Gasteiger partial charge in [-0.1, -0.05) is 6.07 Å². The molecule has 4 aromatic rings. The molecule has 0 saturated carbocycles. The quantitative estimate of drug-likeness (QED) is 0.253. The predicted octanol–water partition coefficient (Wildman–Crippen LogP) is 6.48. The number of benzene rings is 2. The number of alkyl halides is 3. The number of aromatic nitrogens is 3. The molecule has 0 radical (unpaired) electrons. The van der Waals surface area contributed by atoms with Crippen molar-refractivity contribution in [2.75, 3.05) is 34.1 Å². The fraction of sp³-hybridized carbons (Fsp3) is 0.233. The van der Waals surface area contributed by atoms with E-state index in [1.807, 2.05) is 26.8 Å². The molecule has 0 fully saturated rings. The Morgan fingerprint density at radius 2 is 1.86 bits per heavy atom. The van der Waals surface area contributed by atoms with Crippen molar-refractivity contribution < 1.29 is 27.5 Å². The maximum absolute atomic E-state index is 13.7. The molecule has 0 bridgehead atoms. The zero-order valence-corrected chi connectivity index (χ0v) is 23.8. The Labute approximate surface area is 245 Å². The molecule has 2 N–H and O–H groups in total. The van der Waals surface area contributed by atoms with Gasteiger partial charge in [-0.05, 0) is 56.7 Å². The summed E-state index contributed by atoms with van der Waals surface area (Å²) in [6.07, 6.45) is -1.25. The first-order valence-electron chi connectivity index (χ1n) is 13.3. The maximum Gasteiger partial charge on any atom is 0.416 e. The number of amides is 3. The van der Waals surface area contributed by atoms with Crippen LogP contribution in [-0.2, 0) is 12.7 Å². The molecule has 0 atom stereocenters. The Bertz CT molecular complexity index is 1710. The number of methoxy groups -OCH3 is 1. The van der Waals surface area contributed by atoms with Crippen LogP contribution in [0, 0.1) is 13.8 Å². The minimum atomic E-state index is -4.59. The molecule has 10 nitrogen and oxygen atoms in total. The van der Waals surface area contributed by atoms with Crippen LogP contribution >= 0.6 is 0 Å². The van der Waals surface area contributed by atoms with Crippen molar-refractivity contribution in [2.24, 2.45) is 0 Å². The third-order valence-electron chi connectivity index (χ3n) is 6.85. The molecule has 2 aromatic heterocycles. The molecule has 1 aliphatic heterocycles. The third-order valence-corrected chi connectivity index (χ3v) is 6.85. The SMILES string of the molecule is CCN1C(=O)N(c2cc(NC(=O)c3cccc(C(F)(F)F)c3)cc(OC)c2)Cc2cnc(Nc3cnc(C)cc3C)nc21. The summed E-state index contributed by atoms with van der Waals surface area (Å²) in [5.74, 6) is 0.354. The van der Waals surface area contributed by atoms with Gasteiger partial charge < -0.3 is 15.4 Å². The lowest BCUT2D eigenvalue weighted by Crippen LogP contribution is -2.48. The predicted molar refractivity (Wildman–Crippen MR) is 156 cm³/mol. The molecule has 3 heterocycles. The lowest BCUT2D eigenvalue weighted by atomic mass is 10.1. The molecule has 13 heteroatoms. The Kier molecular flexibility index (Phi) is 7.89. The van der Waals surface area contributed by atoms with Crippen molar-refractivity contribution in [3.63, 3.8) is 0 Å². The fourth-order valence-corrected chi connectivity index (χ4v) is 4.68. The average Bonchev–Trinajstić information content (AvgIpc) is 2.97. The van der Waals surface area contributed by atoms with Gasteiger partial charge in [-0.15, -0.1) is 0 Å². The van der Waals surface area contributed by atoms with E-state index >= 15 is 0 Å². The third kappa shape index (κ3) is 6.20. The number of urea groups is 1. The Morgan fingerprint density at radius 3 is 2.56 bits per heavy atom. The van der Waals surface area contributed by atoms with Crippen LogP contribution in [0.2, 0.25) is 0 Å². The van der Waals surface area contributed by atoms with Gasteiger partial charge in [0, 0.05) is 47.4 Å². The summed E-state index contributed by atoms with van der Waals surface area (Å²) in [4.78, 5) is 42.9. The summed E-state index contributed by atoms with van der Waals surface area (Å²) in [5, 5.41) is 5.78. The number of aryl methyl sites for hydroxylation is 2. The number of carbonyl (C=O) groups excluding carboxylic acids is 2. The van der Waals surface area contributed by atoms with Crippen LogP contribution in [0.3, 0.4) is 0 Å². The maximum atomic E-state index is 13.7. The van der Waals surface area contributed by atoms with Gasteiger partial charge in [0.05, 0.1) is 36.8 Å². The van der Waals surface area contributed by atoms with Crippen LogP contribution < -0.4 is 25.2 Å². The molecule has 2 aromatic carbocycles. The molecule has 5 rings (SSSR count). The van der Waals surface area contributed by atoms with Crippen LogP contribution in [0.15, 0.2) is 60.9 Å². The summed E-state index contributed by atoms with van der Waals surface area (Å²) < 4.78 is 44.9. The first-order valence-corrected chi connectivity index (χ1v) is 13.3. The smallest absolute Gasteiger partial charge is 0.416 e. The molecule has 0 saturated heterocycles. The van der Waals surface area contributed by atoms with Gasteiger partial charge in [-0.25, -0.2) is 9.78 Å². The molecule has 43 heavy (non-hydrogen) atoms. The van der Waals surface area contributed by atoms with Crippen molar-refractivity contribution in [3.8, 4) is 5.75 Å². The standard InChI is InChI=1S/C30H28F3N7O3/c1-5-39-26-20(14-35-28(38-26)37-25-15-34-18(3)9-17(25)2)16-40(29(39)42)23-11-22(12-24(13-23)43-4)36-27(41)19-7-6-8-21(10-19)30(31,32)33/h6-15H,5,16H2,1-4H3,(H,36,41)(H,35,37,38). The number of fused-ring (bicyclic) bond motifs is 1. The second-order valence-electron chi connectivity index (χ2n) is 9.87. The number of hydrogen-bond donors (Lipinski definition) is 2. The van der Waals surface area contributed by atoms with Crippen LogP contribution in [0.25, 0.3) is 0 Å². The van der Waals surface area contributed by atoms with E-state index in [1.54, 1.807) is 24.5 Å². The normalized spacial score (nSPS) is 13.0. The van der Waals surface area contributed by atoms with Crippen LogP contribution in [0.1, 0.15) is 39.7 Å². The van der Waals surface area contributed by atoms with Gasteiger partial charge in [0.15, 0.2) is 0 Å². The van der Waals surface area contributed by atoms with Crippen LogP contribution in [0.4, 0.5) is 46.8 Å². The number of nitrogens with zero attached hydrogens (tertiary/aromatic N) is 5. The molecule has 0 spiro atoms. The topological polar surface area (TPSA) is 113 Å². The van der Waals surface area contributed by atoms with Gasteiger partial charge in [0.2, 0.25) is 5.95 Å². The minimum Gasteiger partial charge on any atom is -0.497 e. The Morgan fingerprint density at radius 1 is 1.07 bits per heavy atom. The van der Waals surface area contributed by atoms with Crippen LogP contribution in [0.5, 0.6) is 5.75 Å². The van der Waals surface area contributed by atoms with E-state index in [0.717, 1.165) is 29.1 Å². The highest BCUT2D eigenvalue weighted by atomic mass is 19.4. The van der Waals surface area contributed by atoms with E-state index in [9.17, 15) is 22.8 Å². The lowest BCUT2D eigenvalue weighted by Gasteiger charge is -2.35. The number of ether oxygens (including phenoxy) is 1. The van der Waals surface area contributed by atoms with Crippen molar-refractivity contribution in [3.05, 3.63) is 88.9 Å². The first-order chi connectivity index (χ1) is 20.5. The van der Waals surface area contributed by atoms with Gasteiger partial charge in [-0.3, -0.25) is 19.6 Å². The number of nitrogens with one attached hydrogen (secondary N) is 2. The van der Waals surface area contributed by atoms with Gasteiger partial charge in [-0.2, -0.15) is 18.2 Å². The summed E-state index contributed by atoms with van der Waals surface area (Å²) >= 11 is 0. The molecule has 3 amide bonds. The number of pyridine rings is 1. The Balaban J connectivity index is 1.42. The van der Waals surface area contributed by atoms with Gasteiger partial charge in [0.1, 0.15) is 11.6 Å². The average molecular weight is 592 g/mol. The molecular formula is C30H28F3N7O3. The molecular weight excluding hydrogens is 563 g/mol. The number of rotatable bonds is 7. The van der Waals surface area contributed by atoms with E-state index in [-0.39, 0.29) is 23.8 Å². The molecule has 222 valence electrons. The zero-order valence-electron chi connectivity index (χ0n) is 23.8. The summed E-state index contributed by atoms with van der Waals surface area (Å²) in [6, 6.07) is 10.4. The number of anilines is 5. The van der Waals surface area contributed by atoms with Crippen LogP contribution in [-0.4, -0.2) is 40.5 Å². The van der Waals surface area contributed by atoms with E-state index < -0.39 is 17.6 Å². The number of halogens is 3. The largest absolute Gasteiger partial charge is 0.497 e. The van der Waals surface area contributed by atoms with E-state index in [0.29, 0.717) is 35.3 Å². The van der Waals surface area contributed by atoms with Gasteiger partial charge in [0.25, 0.3) is 5.91 Å². The first kappa shape index (κ1) is 29.3. The minimum absolute atomic E-state index is 0.129. The highest BCUT2D eigenvalue weighted by molar-refractivity contribution is 6.07. The van der Waals surface area contributed by atoms with E-state index in [4.69, 9.17) is 4.74 Å². The monoisotopic (exact) mass is 591 g/mol. The highest BCUT2D eigenvalue weighted by Gasteiger charge is 2.33. The van der Waals surface area contributed by atoms with E-state index in [2.05, 4.69) is 25.6 Å². The molecule has 0 aliphatic carbocycles. The second-order valence-corrected chi connectivity index (χ2v) is 9.87. The van der Waals surface area contributed by atoms with Crippen molar-refractivity contribution in [1.29, 1.82) is 0 Å². The van der Waals surface area contributed by atoms with E-state index in [1.165, 1.54) is 35.1 Å². The number of hydrogen-bond acceptors (Lipinski definition) is 7. The lowest BCUT2D eigenvalue weighted by molar-refractivity contribution is -0.137. The van der Waals surface area contributed by atoms with Crippen molar-refractivity contribution in [2.45, 2.75) is 33.5 Å². The van der Waals surface area contributed by atoms with Crippen molar-refractivity contribution >= 4 is 40.8 Å². The summed E-state index contributed by atoms with van der Waals surface area (Å²) in [5.41, 5.74) is 2.81. The van der Waals surface area contributed by atoms with Gasteiger partial charge >= 0.3 is 12.2 Å². The zero-order chi connectivity index (χ0) is 30.9.